The first-order chi connectivity index (χ1) is 13.5. The third-order valence-corrected chi connectivity index (χ3v) is 6.18. The molecule has 1 aromatic heterocycles. The van der Waals surface area contributed by atoms with Crippen molar-refractivity contribution in [2.24, 2.45) is 0 Å². The monoisotopic (exact) mass is 380 g/mol. The molecule has 0 radical (unpaired) electrons. The van der Waals surface area contributed by atoms with E-state index in [-0.39, 0.29) is 6.03 Å². The molecule has 4 rings (SSSR count). The van der Waals surface area contributed by atoms with Crippen LogP contribution in [0.3, 0.4) is 0 Å². The maximum Gasteiger partial charge on any atom is 0.317 e. The van der Waals surface area contributed by atoms with Crippen molar-refractivity contribution in [2.75, 3.05) is 26.7 Å². The molecule has 6 heteroatoms. The molecular formula is C22H28N4O2. The highest BCUT2D eigenvalue weighted by molar-refractivity contribution is 5.74. The molecule has 1 saturated heterocycles. The largest absolute Gasteiger partial charge is 0.385 e. The standard InChI is InChI=1S/C22H28N4O2/c1-25-16-18-6-3-2-5-17(18)13-20(25)15-24-21(27)26-11-8-22(28,9-12-26)19-7-4-10-23-14-19/h2-7,10,14,20,28H,8-9,11-13,15-16H2,1H3,(H,24,27)/t20-/m0/s1. The van der Waals surface area contributed by atoms with Gasteiger partial charge in [0.1, 0.15) is 0 Å². The van der Waals surface area contributed by atoms with Crippen molar-refractivity contribution in [3.8, 4) is 0 Å². The smallest absolute Gasteiger partial charge is 0.317 e. The van der Waals surface area contributed by atoms with Crippen LogP contribution >= 0.6 is 0 Å². The van der Waals surface area contributed by atoms with Crippen LogP contribution in [0, 0.1) is 0 Å². The lowest BCUT2D eigenvalue weighted by Crippen LogP contribution is -2.52. The predicted molar refractivity (Wildman–Crippen MR) is 108 cm³/mol. The summed E-state index contributed by atoms with van der Waals surface area (Å²) >= 11 is 0. The Balaban J connectivity index is 1.30. The van der Waals surface area contributed by atoms with Gasteiger partial charge in [0.25, 0.3) is 0 Å². The molecule has 6 nitrogen and oxygen atoms in total. The van der Waals surface area contributed by atoms with Gasteiger partial charge in [0.05, 0.1) is 5.60 Å². The second-order valence-electron chi connectivity index (χ2n) is 7.99. The fraction of sp³-hybridized carbons (Fsp3) is 0.455. The van der Waals surface area contributed by atoms with Crippen molar-refractivity contribution in [2.45, 2.75) is 37.5 Å². The van der Waals surface area contributed by atoms with Gasteiger partial charge in [-0.3, -0.25) is 9.88 Å². The highest BCUT2D eigenvalue weighted by Gasteiger charge is 2.35. The molecule has 1 fully saturated rings. The number of piperidine rings is 1. The lowest BCUT2D eigenvalue weighted by Gasteiger charge is -2.39. The first-order valence-corrected chi connectivity index (χ1v) is 9.98. The number of pyridine rings is 1. The first-order valence-electron chi connectivity index (χ1n) is 9.98. The summed E-state index contributed by atoms with van der Waals surface area (Å²) in [5.41, 5.74) is 2.69. The number of fused-ring (bicyclic) bond motifs is 1. The minimum atomic E-state index is -0.891. The number of aromatic nitrogens is 1. The molecule has 2 aliphatic heterocycles. The lowest BCUT2D eigenvalue weighted by molar-refractivity contribution is -0.0171. The van der Waals surface area contributed by atoms with Crippen LogP contribution in [0.25, 0.3) is 0 Å². The van der Waals surface area contributed by atoms with E-state index in [1.54, 1.807) is 12.4 Å². The summed E-state index contributed by atoms with van der Waals surface area (Å²) in [5.74, 6) is 0. The van der Waals surface area contributed by atoms with Crippen LogP contribution in [0.15, 0.2) is 48.8 Å². The van der Waals surface area contributed by atoms with Crippen molar-refractivity contribution in [1.82, 2.24) is 20.1 Å². The number of likely N-dealkylation sites (tertiary alicyclic amines) is 1. The van der Waals surface area contributed by atoms with E-state index in [4.69, 9.17) is 0 Å². The van der Waals surface area contributed by atoms with E-state index in [2.05, 4.69) is 46.5 Å². The van der Waals surface area contributed by atoms with Gasteiger partial charge < -0.3 is 15.3 Å². The van der Waals surface area contributed by atoms with E-state index in [1.807, 2.05) is 17.0 Å². The fourth-order valence-corrected chi connectivity index (χ4v) is 4.27. The molecule has 2 N–H and O–H groups in total. The van der Waals surface area contributed by atoms with Crippen molar-refractivity contribution >= 4 is 6.03 Å². The normalized spacial score (nSPS) is 21.8. The highest BCUT2D eigenvalue weighted by atomic mass is 16.3. The Kier molecular flexibility index (Phi) is 5.33. The minimum Gasteiger partial charge on any atom is -0.385 e. The Bertz CT molecular complexity index is 818. The Morgan fingerprint density at radius 3 is 2.68 bits per heavy atom. The van der Waals surface area contributed by atoms with Crippen LogP contribution in [0.4, 0.5) is 4.79 Å². The number of amides is 2. The summed E-state index contributed by atoms with van der Waals surface area (Å²) in [7, 11) is 2.11. The Labute approximate surface area is 166 Å². The van der Waals surface area contributed by atoms with Gasteiger partial charge in [0, 0.05) is 50.2 Å². The predicted octanol–water partition coefficient (Wildman–Crippen LogP) is 2.13. The molecule has 28 heavy (non-hydrogen) atoms. The van der Waals surface area contributed by atoms with Gasteiger partial charge >= 0.3 is 6.03 Å². The molecule has 0 unspecified atom stereocenters. The van der Waals surface area contributed by atoms with E-state index in [0.717, 1.165) is 18.5 Å². The van der Waals surface area contributed by atoms with Crippen molar-refractivity contribution in [3.05, 3.63) is 65.5 Å². The molecule has 2 aromatic rings. The van der Waals surface area contributed by atoms with E-state index in [0.29, 0.717) is 38.5 Å². The van der Waals surface area contributed by atoms with Crippen molar-refractivity contribution in [3.63, 3.8) is 0 Å². The maximum absolute atomic E-state index is 12.6. The van der Waals surface area contributed by atoms with Gasteiger partial charge in [-0.05, 0) is 43.5 Å². The van der Waals surface area contributed by atoms with E-state index < -0.39 is 5.60 Å². The molecule has 0 spiro atoms. The summed E-state index contributed by atoms with van der Waals surface area (Å²) in [6.45, 7) is 2.63. The molecule has 0 bridgehead atoms. The summed E-state index contributed by atoms with van der Waals surface area (Å²) in [6.07, 6.45) is 5.43. The number of likely N-dealkylation sites (N-methyl/N-ethyl adjacent to an activating group) is 1. The third-order valence-electron chi connectivity index (χ3n) is 6.18. The number of hydrogen-bond donors (Lipinski definition) is 2. The molecule has 2 aliphatic rings. The number of hydrogen-bond acceptors (Lipinski definition) is 4. The Hall–Kier alpha value is -2.44. The number of urea groups is 1. The molecule has 0 saturated carbocycles. The van der Waals surface area contributed by atoms with Crippen LogP contribution in [0.1, 0.15) is 29.5 Å². The van der Waals surface area contributed by atoms with Crippen LogP contribution in [-0.4, -0.2) is 58.6 Å². The first kappa shape index (κ1) is 18.9. The second-order valence-corrected chi connectivity index (χ2v) is 7.99. The second kappa shape index (κ2) is 7.89. The van der Waals surface area contributed by atoms with Crippen LogP contribution < -0.4 is 5.32 Å². The van der Waals surface area contributed by atoms with Crippen molar-refractivity contribution < 1.29 is 9.90 Å². The molecule has 1 aromatic carbocycles. The lowest BCUT2D eigenvalue weighted by atomic mass is 9.85. The number of rotatable bonds is 3. The number of carbonyl (C=O) groups excluding carboxylic acids is 1. The highest BCUT2D eigenvalue weighted by Crippen LogP contribution is 2.32. The zero-order valence-corrected chi connectivity index (χ0v) is 16.3. The molecule has 148 valence electrons. The number of carbonyl (C=O) groups is 1. The van der Waals surface area contributed by atoms with Crippen LogP contribution in [-0.2, 0) is 18.6 Å². The SMILES string of the molecule is CN1Cc2ccccc2C[C@H]1CNC(=O)N1CCC(O)(c2cccnc2)CC1. The number of nitrogens with zero attached hydrogens (tertiary/aromatic N) is 3. The summed E-state index contributed by atoms with van der Waals surface area (Å²) < 4.78 is 0. The van der Waals surface area contributed by atoms with E-state index >= 15 is 0 Å². The quantitative estimate of drug-likeness (QED) is 0.856. The average molecular weight is 380 g/mol. The summed E-state index contributed by atoms with van der Waals surface area (Å²) in [4.78, 5) is 20.9. The fourth-order valence-electron chi connectivity index (χ4n) is 4.27. The van der Waals surface area contributed by atoms with Crippen LogP contribution in [0.2, 0.25) is 0 Å². The molecule has 0 aliphatic carbocycles. The third kappa shape index (κ3) is 3.88. The minimum absolute atomic E-state index is 0.0412. The summed E-state index contributed by atoms with van der Waals surface area (Å²) in [6, 6.07) is 12.5. The molecule has 2 amide bonds. The molecule has 3 heterocycles. The van der Waals surface area contributed by atoms with Gasteiger partial charge in [0.15, 0.2) is 0 Å². The molecular weight excluding hydrogens is 352 g/mol. The number of benzene rings is 1. The summed E-state index contributed by atoms with van der Waals surface area (Å²) in [5, 5.41) is 14.0. The maximum atomic E-state index is 12.6. The van der Waals surface area contributed by atoms with Gasteiger partial charge in [0.2, 0.25) is 0 Å². The Morgan fingerprint density at radius 2 is 1.96 bits per heavy atom. The van der Waals surface area contributed by atoms with E-state index in [9.17, 15) is 9.90 Å². The Morgan fingerprint density at radius 1 is 1.21 bits per heavy atom. The topological polar surface area (TPSA) is 68.7 Å². The van der Waals surface area contributed by atoms with Gasteiger partial charge in [-0.1, -0.05) is 30.3 Å². The number of nitrogens with one attached hydrogen (secondary N) is 1. The van der Waals surface area contributed by atoms with Crippen LogP contribution in [0.5, 0.6) is 0 Å². The zero-order chi connectivity index (χ0) is 19.6. The zero-order valence-electron chi connectivity index (χ0n) is 16.3. The van der Waals surface area contributed by atoms with Crippen molar-refractivity contribution in [1.29, 1.82) is 0 Å². The van der Waals surface area contributed by atoms with Gasteiger partial charge in [-0.2, -0.15) is 0 Å². The van der Waals surface area contributed by atoms with Gasteiger partial charge in [-0.15, -0.1) is 0 Å². The van der Waals surface area contributed by atoms with E-state index in [1.165, 1.54) is 11.1 Å². The average Bonchev–Trinajstić information content (AvgIpc) is 2.73. The molecule has 1 atom stereocenters. The number of aliphatic hydroxyl groups is 1. The van der Waals surface area contributed by atoms with Gasteiger partial charge in [-0.25, -0.2) is 4.79 Å².